The van der Waals surface area contributed by atoms with Crippen molar-refractivity contribution in [1.29, 1.82) is 0 Å². The number of hydrogen-bond acceptors (Lipinski definition) is 5. The Balaban J connectivity index is 1.17. The van der Waals surface area contributed by atoms with E-state index in [1.807, 2.05) is 18.3 Å². The van der Waals surface area contributed by atoms with Crippen LogP contribution in [0.2, 0.25) is 0 Å². The van der Waals surface area contributed by atoms with Crippen LogP contribution in [0.4, 0.5) is 0 Å². The van der Waals surface area contributed by atoms with E-state index in [2.05, 4.69) is 49.9 Å². The summed E-state index contributed by atoms with van der Waals surface area (Å²) in [7, 11) is 0. The van der Waals surface area contributed by atoms with Crippen molar-refractivity contribution in [2.45, 2.75) is 71.6 Å². The molecule has 1 amide bonds. The van der Waals surface area contributed by atoms with Crippen molar-refractivity contribution < 1.29 is 4.79 Å². The van der Waals surface area contributed by atoms with Crippen LogP contribution in [0, 0.1) is 12.8 Å². The van der Waals surface area contributed by atoms with Crippen molar-refractivity contribution >= 4 is 5.91 Å². The van der Waals surface area contributed by atoms with Gasteiger partial charge in [-0.1, -0.05) is 13.0 Å². The third-order valence-corrected chi connectivity index (χ3v) is 7.06. The van der Waals surface area contributed by atoms with Crippen LogP contribution in [0.1, 0.15) is 55.8 Å². The minimum absolute atomic E-state index is 0.144. The van der Waals surface area contributed by atoms with E-state index < -0.39 is 0 Å². The van der Waals surface area contributed by atoms with Gasteiger partial charge in [-0.3, -0.25) is 19.4 Å². The van der Waals surface area contributed by atoms with Crippen LogP contribution in [0.15, 0.2) is 30.7 Å². The number of hydrogen-bond donors (Lipinski definition) is 1. The molecule has 0 aliphatic carbocycles. The second-order valence-corrected chi connectivity index (χ2v) is 9.40. The summed E-state index contributed by atoms with van der Waals surface area (Å²) in [6, 6.07) is 4.57. The molecule has 2 aliphatic heterocycles. The van der Waals surface area contributed by atoms with Crippen LogP contribution in [0.25, 0.3) is 0 Å². The summed E-state index contributed by atoms with van der Waals surface area (Å²) in [6.07, 6.45) is 11.3. The molecular formula is C25H38N6O. The third kappa shape index (κ3) is 5.95. The number of rotatable bonds is 8. The Hall–Kier alpha value is -2.25. The number of carbonyl (C=O) groups is 1. The van der Waals surface area contributed by atoms with Gasteiger partial charge in [-0.05, 0) is 76.8 Å². The fourth-order valence-electron chi connectivity index (χ4n) is 5.10. The van der Waals surface area contributed by atoms with E-state index in [-0.39, 0.29) is 11.8 Å². The number of piperidine rings is 2. The first-order chi connectivity index (χ1) is 15.6. The lowest BCUT2D eigenvalue weighted by Gasteiger charge is -2.41. The Morgan fingerprint density at radius 1 is 1.16 bits per heavy atom. The van der Waals surface area contributed by atoms with Gasteiger partial charge >= 0.3 is 0 Å². The molecule has 0 aromatic carbocycles. The minimum atomic E-state index is 0.144. The molecule has 0 unspecified atom stereocenters. The second-order valence-electron chi connectivity index (χ2n) is 9.40. The highest BCUT2D eigenvalue weighted by Crippen LogP contribution is 2.25. The molecule has 0 atom stereocenters. The predicted molar refractivity (Wildman–Crippen MR) is 126 cm³/mol. The van der Waals surface area contributed by atoms with E-state index in [4.69, 9.17) is 0 Å². The van der Waals surface area contributed by atoms with Crippen LogP contribution in [0.3, 0.4) is 0 Å². The zero-order valence-electron chi connectivity index (χ0n) is 19.7. The summed E-state index contributed by atoms with van der Waals surface area (Å²) in [5, 5.41) is 7.75. The standard InChI is InChI=1S/C25H38N6O/c1-3-11-31-19-23(20(2)28-31)18-29-12-8-24(9-13-29)30-14-6-22(7-15-30)25(32)27-17-21-5-4-10-26-16-21/h4-5,10,16,19,22,24H,3,6-9,11-15,17-18H2,1-2H3,(H,27,32). The number of pyridine rings is 1. The summed E-state index contributed by atoms with van der Waals surface area (Å²) >= 11 is 0. The Kier molecular flexibility index (Phi) is 7.92. The van der Waals surface area contributed by atoms with Gasteiger partial charge in [-0.2, -0.15) is 5.10 Å². The molecule has 2 fully saturated rings. The lowest BCUT2D eigenvalue weighted by Crippen LogP contribution is -2.49. The second kappa shape index (κ2) is 11.1. The quantitative estimate of drug-likeness (QED) is 0.686. The van der Waals surface area contributed by atoms with Gasteiger partial charge in [0.25, 0.3) is 0 Å². The summed E-state index contributed by atoms with van der Waals surface area (Å²) in [6.45, 7) is 11.3. The predicted octanol–water partition coefficient (Wildman–Crippen LogP) is 2.99. The van der Waals surface area contributed by atoms with Gasteiger partial charge in [-0.25, -0.2) is 0 Å². The van der Waals surface area contributed by atoms with E-state index in [0.29, 0.717) is 12.6 Å². The van der Waals surface area contributed by atoms with Crippen molar-refractivity contribution in [3.8, 4) is 0 Å². The fourth-order valence-corrected chi connectivity index (χ4v) is 5.10. The molecule has 0 saturated carbocycles. The topological polar surface area (TPSA) is 66.3 Å². The first-order valence-electron chi connectivity index (χ1n) is 12.3. The van der Waals surface area contributed by atoms with Gasteiger partial charge in [0.15, 0.2) is 0 Å². The maximum Gasteiger partial charge on any atom is 0.223 e. The smallest absolute Gasteiger partial charge is 0.223 e. The summed E-state index contributed by atoms with van der Waals surface area (Å²) in [5.41, 5.74) is 3.59. The molecule has 2 aromatic rings. The number of nitrogens with zero attached hydrogens (tertiary/aromatic N) is 5. The number of nitrogens with one attached hydrogen (secondary N) is 1. The zero-order chi connectivity index (χ0) is 22.3. The van der Waals surface area contributed by atoms with Crippen molar-refractivity contribution in [2.24, 2.45) is 5.92 Å². The normalized spacial score (nSPS) is 19.3. The van der Waals surface area contributed by atoms with E-state index in [1.54, 1.807) is 6.20 Å². The maximum absolute atomic E-state index is 12.6. The van der Waals surface area contributed by atoms with E-state index in [1.165, 1.54) is 24.1 Å². The van der Waals surface area contributed by atoms with Crippen LogP contribution in [-0.2, 0) is 24.4 Å². The third-order valence-electron chi connectivity index (χ3n) is 7.06. The molecule has 2 aromatic heterocycles. The zero-order valence-corrected chi connectivity index (χ0v) is 19.7. The fraction of sp³-hybridized carbons (Fsp3) is 0.640. The van der Waals surface area contributed by atoms with E-state index >= 15 is 0 Å². The van der Waals surface area contributed by atoms with Gasteiger partial charge in [0.1, 0.15) is 0 Å². The van der Waals surface area contributed by atoms with Gasteiger partial charge in [0.05, 0.1) is 5.69 Å². The largest absolute Gasteiger partial charge is 0.352 e. The molecule has 174 valence electrons. The number of carbonyl (C=O) groups excluding carboxylic acids is 1. The Bertz CT molecular complexity index is 851. The average molecular weight is 439 g/mol. The molecule has 4 rings (SSSR count). The maximum atomic E-state index is 12.6. The minimum Gasteiger partial charge on any atom is -0.352 e. The number of aromatic nitrogens is 3. The highest BCUT2D eigenvalue weighted by Gasteiger charge is 2.30. The number of aryl methyl sites for hydroxylation is 2. The monoisotopic (exact) mass is 438 g/mol. The summed E-state index contributed by atoms with van der Waals surface area (Å²) < 4.78 is 2.09. The van der Waals surface area contributed by atoms with Crippen LogP contribution in [-0.4, -0.2) is 62.7 Å². The van der Waals surface area contributed by atoms with Crippen molar-refractivity contribution in [3.05, 3.63) is 47.5 Å². The Morgan fingerprint density at radius 2 is 1.94 bits per heavy atom. The van der Waals surface area contributed by atoms with Gasteiger partial charge in [0, 0.05) is 55.7 Å². The number of likely N-dealkylation sites (tertiary alicyclic amines) is 2. The molecule has 7 nitrogen and oxygen atoms in total. The van der Waals surface area contributed by atoms with E-state index in [0.717, 1.165) is 64.1 Å². The SMILES string of the molecule is CCCn1cc(CN2CCC(N3CCC(C(=O)NCc4cccnc4)CC3)CC2)c(C)n1. The molecule has 1 N–H and O–H groups in total. The molecule has 32 heavy (non-hydrogen) atoms. The molecule has 4 heterocycles. The highest BCUT2D eigenvalue weighted by molar-refractivity contribution is 5.78. The first-order valence-corrected chi connectivity index (χ1v) is 12.3. The average Bonchev–Trinajstić information content (AvgIpc) is 3.17. The van der Waals surface area contributed by atoms with Crippen molar-refractivity contribution in [2.75, 3.05) is 26.2 Å². The molecule has 7 heteroatoms. The van der Waals surface area contributed by atoms with Gasteiger partial charge in [0.2, 0.25) is 5.91 Å². The lowest BCUT2D eigenvalue weighted by atomic mass is 9.92. The molecule has 2 aliphatic rings. The van der Waals surface area contributed by atoms with Crippen molar-refractivity contribution in [1.82, 2.24) is 29.9 Å². The van der Waals surface area contributed by atoms with Crippen LogP contribution < -0.4 is 5.32 Å². The first kappa shape index (κ1) is 22.9. The molecular weight excluding hydrogens is 400 g/mol. The Morgan fingerprint density at radius 3 is 2.62 bits per heavy atom. The van der Waals surface area contributed by atoms with Gasteiger partial charge in [-0.15, -0.1) is 0 Å². The molecule has 2 saturated heterocycles. The van der Waals surface area contributed by atoms with E-state index in [9.17, 15) is 4.79 Å². The highest BCUT2D eigenvalue weighted by atomic mass is 16.1. The van der Waals surface area contributed by atoms with Gasteiger partial charge < -0.3 is 10.2 Å². The lowest BCUT2D eigenvalue weighted by molar-refractivity contribution is -0.126. The summed E-state index contributed by atoms with van der Waals surface area (Å²) in [4.78, 5) is 21.9. The summed E-state index contributed by atoms with van der Waals surface area (Å²) in [5.74, 6) is 0.341. The molecule has 0 bridgehead atoms. The van der Waals surface area contributed by atoms with Crippen molar-refractivity contribution in [3.63, 3.8) is 0 Å². The Labute approximate surface area is 192 Å². The molecule has 0 radical (unpaired) electrons. The molecule has 0 spiro atoms. The van der Waals surface area contributed by atoms with Crippen LogP contribution in [0.5, 0.6) is 0 Å². The number of amides is 1. The van der Waals surface area contributed by atoms with Crippen LogP contribution >= 0.6 is 0 Å².